The van der Waals surface area contributed by atoms with Crippen LogP contribution in [0.25, 0.3) is 0 Å². The van der Waals surface area contributed by atoms with E-state index in [2.05, 4.69) is 20.3 Å². The predicted octanol–water partition coefficient (Wildman–Crippen LogP) is 0.922. The van der Waals surface area contributed by atoms with E-state index < -0.39 is 0 Å². The van der Waals surface area contributed by atoms with Crippen molar-refractivity contribution in [3.63, 3.8) is 0 Å². The largest absolute Gasteiger partial charge is 0.384 e. The van der Waals surface area contributed by atoms with Crippen LogP contribution in [0.15, 0.2) is 24.5 Å². The maximum Gasteiger partial charge on any atom is 0.251 e. The minimum Gasteiger partial charge on any atom is -0.384 e. The van der Waals surface area contributed by atoms with Gasteiger partial charge in [-0.25, -0.2) is 9.97 Å². The van der Waals surface area contributed by atoms with E-state index in [4.69, 9.17) is 5.73 Å². The van der Waals surface area contributed by atoms with Gasteiger partial charge in [-0.1, -0.05) is 6.92 Å². The maximum atomic E-state index is 12.0. The Morgan fingerprint density at radius 3 is 3.00 bits per heavy atom. The molecule has 0 radical (unpaired) electrons. The lowest BCUT2D eigenvalue weighted by molar-refractivity contribution is 0.0954. The van der Waals surface area contributed by atoms with Gasteiger partial charge >= 0.3 is 0 Å². The van der Waals surface area contributed by atoms with E-state index >= 15 is 0 Å². The van der Waals surface area contributed by atoms with Crippen LogP contribution < -0.4 is 11.1 Å². The fourth-order valence-electron chi connectivity index (χ4n) is 1.75. The van der Waals surface area contributed by atoms with Gasteiger partial charge in [-0.15, -0.1) is 0 Å². The Kier molecular flexibility index (Phi) is 4.12. The first-order valence-electron chi connectivity index (χ1n) is 6.22. The van der Waals surface area contributed by atoms with Gasteiger partial charge in [-0.2, -0.15) is 0 Å². The summed E-state index contributed by atoms with van der Waals surface area (Å²) in [6.45, 7) is 2.50. The first-order valence-corrected chi connectivity index (χ1v) is 6.22. The highest BCUT2D eigenvalue weighted by Gasteiger charge is 2.08. The summed E-state index contributed by atoms with van der Waals surface area (Å²) in [5.74, 6) is 1.08. The van der Waals surface area contributed by atoms with Gasteiger partial charge in [0.15, 0.2) is 0 Å². The zero-order valence-corrected chi connectivity index (χ0v) is 10.8. The molecule has 4 N–H and O–H groups in total. The number of H-pyrrole nitrogens is 1. The Bertz CT molecular complexity index is 550. The normalized spacial score (nSPS) is 10.4. The van der Waals surface area contributed by atoms with Gasteiger partial charge in [0.05, 0.1) is 0 Å². The summed E-state index contributed by atoms with van der Waals surface area (Å²) >= 11 is 0. The number of carbonyl (C=O) groups is 1. The van der Waals surface area contributed by atoms with Crippen LogP contribution in [0.1, 0.15) is 28.8 Å². The third-order valence-electron chi connectivity index (χ3n) is 2.72. The maximum absolute atomic E-state index is 12.0. The Morgan fingerprint density at radius 2 is 2.32 bits per heavy atom. The first kappa shape index (κ1) is 13.1. The van der Waals surface area contributed by atoms with Crippen molar-refractivity contribution in [3.05, 3.63) is 41.6 Å². The lowest BCUT2D eigenvalue weighted by atomic mass is 10.2. The van der Waals surface area contributed by atoms with E-state index in [0.717, 1.165) is 17.9 Å². The van der Waals surface area contributed by atoms with E-state index in [0.29, 0.717) is 24.3 Å². The van der Waals surface area contributed by atoms with Gasteiger partial charge in [0, 0.05) is 36.6 Å². The number of imidazole rings is 1. The molecule has 2 aromatic heterocycles. The molecule has 6 heteroatoms. The summed E-state index contributed by atoms with van der Waals surface area (Å²) in [6.07, 6.45) is 4.86. The quantitative estimate of drug-likeness (QED) is 0.744. The fourth-order valence-corrected chi connectivity index (χ4v) is 1.75. The van der Waals surface area contributed by atoms with E-state index in [1.54, 1.807) is 24.5 Å². The monoisotopic (exact) mass is 259 g/mol. The number of aromatic nitrogens is 3. The number of rotatable bonds is 5. The average Bonchev–Trinajstić information content (AvgIpc) is 2.91. The van der Waals surface area contributed by atoms with Crippen LogP contribution in [-0.4, -0.2) is 27.4 Å². The van der Waals surface area contributed by atoms with Crippen molar-refractivity contribution in [1.29, 1.82) is 0 Å². The minimum absolute atomic E-state index is 0.143. The smallest absolute Gasteiger partial charge is 0.251 e. The molecule has 6 nitrogen and oxygen atoms in total. The molecule has 0 spiro atoms. The van der Waals surface area contributed by atoms with Crippen LogP contribution in [0.4, 0.5) is 5.82 Å². The lowest BCUT2D eigenvalue weighted by Gasteiger charge is -2.06. The molecular weight excluding hydrogens is 242 g/mol. The molecule has 0 aliphatic carbocycles. The van der Waals surface area contributed by atoms with E-state index in [1.807, 2.05) is 6.92 Å². The second-order valence-electron chi connectivity index (χ2n) is 4.17. The Morgan fingerprint density at radius 1 is 1.47 bits per heavy atom. The lowest BCUT2D eigenvalue weighted by Crippen LogP contribution is -2.26. The highest BCUT2D eigenvalue weighted by atomic mass is 16.1. The molecule has 100 valence electrons. The summed E-state index contributed by atoms with van der Waals surface area (Å²) in [5, 5.41) is 2.83. The molecule has 0 fully saturated rings. The number of nitrogen functional groups attached to an aromatic ring is 1. The number of aryl methyl sites for hydroxylation is 1. The van der Waals surface area contributed by atoms with Crippen molar-refractivity contribution in [2.45, 2.75) is 19.8 Å². The zero-order valence-electron chi connectivity index (χ0n) is 10.8. The van der Waals surface area contributed by atoms with Gasteiger partial charge in [-0.3, -0.25) is 4.79 Å². The molecule has 1 amide bonds. The minimum atomic E-state index is -0.143. The molecule has 2 heterocycles. The van der Waals surface area contributed by atoms with Crippen molar-refractivity contribution >= 4 is 11.7 Å². The number of hydrogen-bond donors (Lipinski definition) is 3. The van der Waals surface area contributed by atoms with Crippen molar-refractivity contribution in [2.75, 3.05) is 12.3 Å². The number of anilines is 1. The Hall–Kier alpha value is -2.37. The highest BCUT2D eigenvalue weighted by Crippen LogP contribution is 2.08. The van der Waals surface area contributed by atoms with Crippen molar-refractivity contribution in [3.8, 4) is 0 Å². The average molecular weight is 259 g/mol. The molecule has 19 heavy (non-hydrogen) atoms. The molecule has 0 unspecified atom stereocenters. The van der Waals surface area contributed by atoms with Crippen LogP contribution >= 0.6 is 0 Å². The highest BCUT2D eigenvalue weighted by molar-refractivity contribution is 5.94. The molecular formula is C13H17N5O. The third-order valence-corrected chi connectivity index (χ3v) is 2.72. The summed E-state index contributed by atoms with van der Waals surface area (Å²) < 4.78 is 0. The molecule has 0 aliphatic rings. The number of amides is 1. The van der Waals surface area contributed by atoms with Crippen LogP contribution in [-0.2, 0) is 12.8 Å². The molecule has 0 saturated carbocycles. The number of aromatic amines is 1. The summed E-state index contributed by atoms with van der Waals surface area (Å²) in [5.41, 5.74) is 7.03. The van der Waals surface area contributed by atoms with E-state index in [-0.39, 0.29) is 5.91 Å². The Labute approximate surface area is 111 Å². The molecule has 0 atom stereocenters. The number of carbonyl (C=O) groups excluding carboxylic acids is 1. The molecule has 0 aromatic carbocycles. The number of hydrogen-bond acceptors (Lipinski definition) is 4. The van der Waals surface area contributed by atoms with Crippen LogP contribution in [0.2, 0.25) is 0 Å². The summed E-state index contributed by atoms with van der Waals surface area (Å²) in [7, 11) is 0. The van der Waals surface area contributed by atoms with Crippen LogP contribution in [0.3, 0.4) is 0 Å². The molecule has 2 aromatic rings. The number of nitrogens with two attached hydrogens (primary N) is 1. The number of nitrogens with one attached hydrogen (secondary N) is 2. The number of nitrogens with zero attached hydrogens (tertiary/aromatic N) is 2. The van der Waals surface area contributed by atoms with Gasteiger partial charge in [0.2, 0.25) is 0 Å². The SMILES string of the molecule is CCc1cc(C(=O)NCCc2ncc[nH]2)cc(N)n1. The van der Waals surface area contributed by atoms with Crippen molar-refractivity contribution in [2.24, 2.45) is 0 Å². The summed E-state index contributed by atoms with van der Waals surface area (Å²) in [4.78, 5) is 23.2. The zero-order chi connectivity index (χ0) is 13.7. The molecule has 0 aliphatic heterocycles. The van der Waals surface area contributed by atoms with Gasteiger partial charge in [0.1, 0.15) is 11.6 Å². The standard InChI is InChI=1S/C13H17N5O/c1-2-10-7-9(8-11(14)18-10)13(19)17-4-3-12-15-5-6-16-12/h5-8H,2-4H2,1H3,(H2,14,18)(H,15,16)(H,17,19). The van der Waals surface area contributed by atoms with Crippen LogP contribution in [0, 0.1) is 0 Å². The predicted molar refractivity (Wildman–Crippen MR) is 72.7 cm³/mol. The topological polar surface area (TPSA) is 96.7 Å². The van der Waals surface area contributed by atoms with Gasteiger partial charge in [0.25, 0.3) is 5.91 Å². The number of pyridine rings is 1. The fraction of sp³-hybridized carbons (Fsp3) is 0.308. The molecule has 0 bridgehead atoms. The van der Waals surface area contributed by atoms with Gasteiger partial charge < -0.3 is 16.0 Å². The van der Waals surface area contributed by atoms with Crippen molar-refractivity contribution in [1.82, 2.24) is 20.3 Å². The van der Waals surface area contributed by atoms with E-state index in [1.165, 1.54) is 0 Å². The Balaban J connectivity index is 1.94. The van der Waals surface area contributed by atoms with E-state index in [9.17, 15) is 4.79 Å². The third kappa shape index (κ3) is 3.54. The second-order valence-corrected chi connectivity index (χ2v) is 4.17. The van der Waals surface area contributed by atoms with Crippen LogP contribution in [0.5, 0.6) is 0 Å². The molecule has 2 rings (SSSR count). The molecule has 0 saturated heterocycles. The van der Waals surface area contributed by atoms with Gasteiger partial charge in [-0.05, 0) is 18.6 Å². The first-order chi connectivity index (χ1) is 9.19. The van der Waals surface area contributed by atoms with Crippen molar-refractivity contribution < 1.29 is 4.79 Å². The second kappa shape index (κ2) is 5.99. The summed E-state index contributed by atoms with van der Waals surface area (Å²) in [6, 6.07) is 3.35.